The summed E-state index contributed by atoms with van der Waals surface area (Å²) in [6, 6.07) is 4.73. The molecule has 0 aliphatic rings. The van der Waals surface area contributed by atoms with Gasteiger partial charge in [-0.2, -0.15) is 0 Å². The average molecular weight is 327 g/mol. The molecule has 7 heteroatoms. The lowest BCUT2D eigenvalue weighted by atomic mass is 10.1. The molecule has 0 spiro atoms. The van der Waals surface area contributed by atoms with Gasteiger partial charge in [0.2, 0.25) is 0 Å². The van der Waals surface area contributed by atoms with Crippen molar-refractivity contribution >= 4 is 30.8 Å². The van der Waals surface area contributed by atoms with Crippen molar-refractivity contribution in [2.45, 2.75) is 20.0 Å². The normalized spacial score (nSPS) is 13.5. The third-order valence-electron chi connectivity index (χ3n) is 2.37. The van der Waals surface area contributed by atoms with Crippen LogP contribution in [0.5, 0.6) is 0 Å². The van der Waals surface area contributed by atoms with E-state index in [1.807, 2.05) is 0 Å². The molecule has 0 radical (unpaired) electrons. The minimum atomic E-state index is -3.31. The Hall–Kier alpha value is -0.0900. The third-order valence-corrected chi connectivity index (χ3v) is 5.03. The van der Waals surface area contributed by atoms with E-state index in [0.717, 1.165) is 0 Å². The number of hydrogen-bond donors (Lipinski definition) is 1. The van der Waals surface area contributed by atoms with Gasteiger partial charge in [0.15, 0.2) is 0 Å². The van der Waals surface area contributed by atoms with Gasteiger partial charge in [-0.05, 0) is 31.5 Å². The van der Waals surface area contributed by atoms with E-state index in [-0.39, 0.29) is 19.4 Å². The van der Waals surface area contributed by atoms with E-state index in [9.17, 15) is 9.67 Å². The summed E-state index contributed by atoms with van der Waals surface area (Å²) in [6.07, 6.45) is -1.18. The minimum absolute atomic E-state index is 0.143. The maximum atomic E-state index is 12.3. The van der Waals surface area contributed by atoms with Gasteiger partial charge < -0.3 is 14.2 Å². The summed E-state index contributed by atoms with van der Waals surface area (Å²) < 4.78 is 22.6. The molecule has 1 aromatic rings. The Labute approximate surface area is 123 Å². The molecule has 0 aliphatic carbocycles. The molecule has 0 saturated carbocycles. The molecule has 0 aromatic heterocycles. The van der Waals surface area contributed by atoms with Gasteiger partial charge >= 0.3 is 7.60 Å². The molecule has 1 N–H and O–H groups in total. The van der Waals surface area contributed by atoms with Crippen LogP contribution in [0.25, 0.3) is 0 Å². The summed E-state index contributed by atoms with van der Waals surface area (Å²) in [6.45, 7) is 3.93. The molecule has 0 bridgehead atoms. The van der Waals surface area contributed by atoms with Crippen molar-refractivity contribution in [2.75, 3.05) is 19.4 Å². The molecule has 0 fully saturated rings. The fourth-order valence-corrected chi connectivity index (χ4v) is 3.84. The summed E-state index contributed by atoms with van der Waals surface area (Å²) in [4.78, 5) is 0. The number of rotatable bonds is 7. The van der Waals surface area contributed by atoms with Gasteiger partial charge in [-0.15, -0.1) is 0 Å². The Morgan fingerprint density at radius 1 is 1.26 bits per heavy atom. The van der Waals surface area contributed by atoms with Gasteiger partial charge in [-0.1, -0.05) is 29.3 Å². The van der Waals surface area contributed by atoms with E-state index < -0.39 is 13.7 Å². The van der Waals surface area contributed by atoms with Gasteiger partial charge in [-0.3, -0.25) is 4.57 Å². The standard InChI is InChI=1S/C12H17Cl2O4P/c1-3-17-19(16,18-4-2)8-12(15)10-6-5-9(13)7-11(10)14/h5-7,12,15H,3-4,8H2,1-2H3/t12-/m1/s1. The molecule has 1 rings (SSSR count). The number of benzene rings is 1. The molecule has 0 unspecified atom stereocenters. The number of aliphatic hydroxyl groups excluding tert-OH is 1. The van der Waals surface area contributed by atoms with Crippen LogP contribution in [0.4, 0.5) is 0 Å². The summed E-state index contributed by atoms with van der Waals surface area (Å²) in [5.41, 5.74) is 0.450. The molecule has 19 heavy (non-hydrogen) atoms. The van der Waals surface area contributed by atoms with Crippen molar-refractivity contribution in [1.29, 1.82) is 0 Å². The first-order chi connectivity index (χ1) is 8.91. The average Bonchev–Trinajstić information content (AvgIpc) is 2.28. The molecular formula is C12H17Cl2O4P. The van der Waals surface area contributed by atoms with Gasteiger partial charge in [-0.25, -0.2) is 0 Å². The van der Waals surface area contributed by atoms with Gasteiger partial charge in [0, 0.05) is 10.0 Å². The molecule has 0 amide bonds. The monoisotopic (exact) mass is 326 g/mol. The lowest BCUT2D eigenvalue weighted by Crippen LogP contribution is -2.09. The fourth-order valence-electron chi connectivity index (χ4n) is 1.62. The second-order valence-electron chi connectivity index (χ2n) is 3.81. The van der Waals surface area contributed by atoms with Crippen molar-refractivity contribution in [3.63, 3.8) is 0 Å². The molecule has 4 nitrogen and oxygen atoms in total. The van der Waals surface area contributed by atoms with E-state index in [4.69, 9.17) is 32.2 Å². The second-order valence-corrected chi connectivity index (χ2v) is 6.76. The van der Waals surface area contributed by atoms with Crippen LogP contribution in [0.15, 0.2) is 18.2 Å². The highest BCUT2D eigenvalue weighted by Gasteiger charge is 2.29. The van der Waals surface area contributed by atoms with E-state index in [2.05, 4.69) is 0 Å². The lowest BCUT2D eigenvalue weighted by molar-refractivity contribution is 0.170. The van der Waals surface area contributed by atoms with Crippen LogP contribution in [0.2, 0.25) is 10.0 Å². The zero-order chi connectivity index (χ0) is 14.5. The van der Waals surface area contributed by atoms with E-state index in [0.29, 0.717) is 15.6 Å². The summed E-state index contributed by atoms with van der Waals surface area (Å²) in [5, 5.41) is 10.9. The van der Waals surface area contributed by atoms with Crippen LogP contribution in [0, 0.1) is 0 Å². The van der Waals surface area contributed by atoms with Gasteiger partial charge in [0.1, 0.15) is 0 Å². The van der Waals surface area contributed by atoms with Crippen LogP contribution in [-0.2, 0) is 13.6 Å². The largest absolute Gasteiger partial charge is 0.388 e. The molecule has 1 aromatic carbocycles. The molecular weight excluding hydrogens is 310 g/mol. The van der Waals surface area contributed by atoms with Crippen LogP contribution in [0.1, 0.15) is 25.5 Å². The first kappa shape index (κ1) is 17.0. The molecule has 0 saturated heterocycles. The van der Waals surface area contributed by atoms with Crippen LogP contribution < -0.4 is 0 Å². The number of hydrogen-bond acceptors (Lipinski definition) is 4. The Morgan fingerprint density at radius 2 is 1.84 bits per heavy atom. The fraction of sp³-hybridized carbons (Fsp3) is 0.500. The van der Waals surface area contributed by atoms with Crippen LogP contribution in [0.3, 0.4) is 0 Å². The zero-order valence-electron chi connectivity index (χ0n) is 10.8. The highest BCUT2D eigenvalue weighted by Crippen LogP contribution is 2.51. The summed E-state index contributed by atoms with van der Waals surface area (Å²) in [7, 11) is -3.31. The van der Waals surface area contributed by atoms with Gasteiger partial charge in [0.05, 0.1) is 25.5 Å². The predicted octanol–water partition coefficient (Wildman–Crippen LogP) is 4.29. The van der Waals surface area contributed by atoms with Crippen molar-refractivity contribution in [1.82, 2.24) is 0 Å². The second kappa shape index (κ2) is 7.63. The minimum Gasteiger partial charge on any atom is -0.388 e. The van der Waals surface area contributed by atoms with Crippen LogP contribution in [-0.4, -0.2) is 24.5 Å². The summed E-state index contributed by atoms with van der Waals surface area (Å²) >= 11 is 11.8. The zero-order valence-corrected chi connectivity index (χ0v) is 13.2. The Balaban J connectivity index is 2.87. The van der Waals surface area contributed by atoms with Crippen molar-refractivity contribution in [2.24, 2.45) is 0 Å². The Bertz CT molecular complexity index is 457. The predicted molar refractivity (Wildman–Crippen MR) is 77.1 cm³/mol. The van der Waals surface area contributed by atoms with Crippen LogP contribution >= 0.6 is 30.8 Å². The molecule has 0 aliphatic heterocycles. The molecule has 108 valence electrons. The van der Waals surface area contributed by atoms with E-state index in [1.165, 1.54) is 6.07 Å². The SMILES string of the molecule is CCOP(=O)(C[C@@H](O)c1ccc(Cl)cc1Cl)OCC. The Kier molecular flexibility index (Phi) is 6.81. The first-order valence-corrected chi connectivity index (χ1v) is 8.41. The van der Waals surface area contributed by atoms with E-state index >= 15 is 0 Å². The van der Waals surface area contributed by atoms with Crippen molar-refractivity contribution < 1.29 is 18.7 Å². The highest BCUT2D eigenvalue weighted by molar-refractivity contribution is 7.53. The number of halogens is 2. The smallest absolute Gasteiger partial charge is 0.333 e. The first-order valence-electron chi connectivity index (χ1n) is 5.93. The lowest BCUT2D eigenvalue weighted by Gasteiger charge is -2.20. The maximum Gasteiger partial charge on any atom is 0.333 e. The van der Waals surface area contributed by atoms with E-state index in [1.54, 1.807) is 26.0 Å². The maximum absolute atomic E-state index is 12.3. The van der Waals surface area contributed by atoms with Gasteiger partial charge in [0.25, 0.3) is 0 Å². The van der Waals surface area contributed by atoms with Crippen molar-refractivity contribution in [3.05, 3.63) is 33.8 Å². The topological polar surface area (TPSA) is 55.8 Å². The quantitative estimate of drug-likeness (QED) is 0.759. The third kappa shape index (κ3) is 5.07. The number of aliphatic hydroxyl groups is 1. The Morgan fingerprint density at radius 3 is 2.32 bits per heavy atom. The van der Waals surface area contributed by atoms with Crippen molar-refractivity contribution in [3.8, 4) is 0 Å². The highest BCUT2D eigenvalue weighted by atomic mass is 35.5. The molecule has 1 atom stereocenters. The molecule has 0 heterocycles. The summed E-state index contributed by atoms with van der Waals surface area (Å²) in [5.74, 6) is 0.